The maximum Gasteiger partial charge on any atom is 0.211 e. The third kappa shape index (κ3) is 5.76. The Balaban J connectivity index is 2.55. The zero-order valence-corrected chi connectivity index (χ0v) is 13.3. The highest BCUT2D eigenvalue weighted by molar-refractivity contribution is 7.89. The molecule has 1 saturated carbocycles. The van der Waals surface area contributed by atoms with Gasteiger partial charge in [-0.1, -0.05) is 19.8 Å². The van der Waals surface area contributed by atoms with E-state index in [4.69, 9.17) is 0 Å². The molecule has 0 aliphatic heterocycles. The first-order valence-corrected chi connectivity index (χ1v) is 10.2. The summed E-state index contributed by atoms with van der Waals surface area (Å²) in [4.78, 5) is 0. The fourth-order valence-corrected chi connectivity index (χ4v) is 4.72. The predicted octanol–water partition coefficient (Wildman–Crippen LogP) is 0.520. The molecule has 1 aliphatic rings. The zero-order valence-electron chi connectivity index (χ0n) is 11.6. The van der Waals surface area contributed by atoms with Gasteiger partial charge in [-0.05, 0) is 19.3 Å². The molecule has 1 aliphatic carbocycles. The van der Waals surface area contributed by atoms with Gasteiger partial charge < -0.3 is 0 Å². The molecule has 0 aromatic heterocycles. The van der Waals surface area contributed by atoms with Gasteiger partial charge in [0.15, 0.2) is 0 Å². The van der Waals surface area contributed by atoms with Crippen LogP contribution in [0.15, 0.2) is 0 Å². The van der Waals surface area contributed by atoms with Gasteiger partial charge in [0.05, 0.1) is 12.0 Å². The first kappa shape index (κ1) is 16.9. The highest BCUT2D eigenvalue weighted by Crippen LogP contribution is 2.24. The van der Waals surface area contributed by atoms with E-state index in [1.807, 2.05) is 0 Å². The number of hydrogen-bond donors (Lipinski definition) is 1. The smallest absolute Gasteiger partial charge is 0.211 e. The highest BCUT2D eigenvalue weighted by atomic mass is 32.2. The van der Waals surface area contributed by atoms with Crippen LogP contribution in [-0.4, -0.2) is 52.3 Å². The molecule has 0 aromatic carbocycles. The summed E-state index contributed by atoms with van der Waals surface area (Å²) >= 11 is 0. The second kappa shape index (κ2) is 7.01. The van der Waals surface area contributed by atoms with Gasteiger partial charge >= 0.3 is 0 Å². The lowest BCUT2D eigenvalue weighted by molar-refractivity contribution is 0.328. The van der Waals surface area contributed by atoms with Crippen LogP contribution in [0.25, 0.3) is 0 Å². The molecule has 1 fully saturated rings. The van der Waals surface area contributed by atoms with Crippen molar-refractivity contribution in [2.45, 2.75) is 45.1 Å². The van der Waals surface area contributed by atoms with E-state index in [0.717, 1.165) is 25.7 Å². The van der Waals surface area contributed by atoms with E-state index in [2.05, 4.69) is 4.72 Å². The van der Waals surface area contributed by atoms with Crippen molar-refractivity contribution < 1.29 is 16.8 Å². The summed E-state index contributed by atoms with van der Waals surface area (Å²) in [7, 11) is -6.55. The molecule has 0 heterocycles. The van der Waals surface area contributed by atoms with Crippen LogP contribution in [0.3, 0.4) is 0 Å². The first-order chi connectivity index (χ1) is 8.76. The lowest BCUT2D eigenvalue weighted by Crippen LogP contribution is -2.43. The minimum atomic E-state index is -3.28. The van der Waals surface area contributed by atoms with Crippen LogP contribution in [0.1, 0.15) is 39.0 Å². The molecule has 114 valence electrons. The zero-order chi connectivity index (χ0) is 14.5. The third-order valence-electron chi connectivity index (χ3n) is 3.28. The summed E-state index contributed by atoms with van der Waals surface area (Å²) in [5.41, 5.74) is 0. The Morgan fingerprint density at radius 3 is 2.21 bits per heavy atom. The minimum absolute atomic E-state index is 0.0330. The predicted molar refractivity (Wildman–Crippen MR) is 75.9 cm³/mol. The molecule has 19 heavy (non-hydrogen) atoms. The fourth-order valence-electron chi connectivity index (χ4n) is 2.46. The number of rotatable bonds is 8. The van der Waals surface area contributed by atoms with Crippen LogP contribution < -0.4 is 4.72 Å². The molecule has 0 amide bonds. The summed E-state index contributed by atoms with van der Waals surface area (Å²) in [6.45, 7) is 2.15. The van der Waals surface area contributed by atoms with Gasteiger partial charge in [0.1, 0.15) is 0 Å². The van der Waals surface area contributed by atoms with Crippen molar-refractivity contribution in [3.8, 4) is 0 Å². The summed E-state index contributed by atoms with van der Waals surface area (Å²) in [6.07, 6.45) is 5.56. The molecule has 8 heteroatoms. The summed E-state index contributed by atoms with van der Waals surface area (Å²) in [5.74, 6) is 0.0787. The molecule has 6 nitrogen and oxygen atoms in total. The van der Waals surface area contributed by atoms with E-state index in [1.54, 1.807) is 6.92 Å². The van der Waals surface area contributed by atoms with Crippen molar-refractivity contribution in [2.75, 3.05) is 25.1 Å². The van der Waals surface area contributed by atoms with Crippen LogP contribution >= 0.6 is 0 Å². The monoisotopic (exact) mass is 312 g/mol. The standard InChI is InChI=1S/C11H24N2O4S2/c1-3-10-19(16,17)12-8-9-13(18(2,14)15)11-6-4-5-7-11/h11-12H,3-10H2,1-2H3. The summed E-state index contributed by atoms with van der Waals surface area (Å²) < 4.78 is 50.4. The highest BCUT2D eigenvalue weighted by Gasteiger charge is 2.28. The molecule has 0 radical (unpaired) electrons. The summed E-state index contributed by atoms with van der Waals surface area (Å²) in [5, 5.41) is 0. The number of sulfonamides is 2. The maximum absolute atomic E-state index is 11.7. The van der Waals surface area contributed by atoms with Gasteiger partial charge in [-0.15, -0.1) is 0 Å². The van der Waals surface area contributed by atoms with Crippen LogP contribution in [0, 0.1) is 0 Å². The van der Waals surface area contributed by atoms with Crippen molar-refractivity contribution in [1.29, 1.82) is 0 Å². The molecular formula is C11H24N2O4S2. The number of nitrogens with one attached hydrogen (secondary N) is 1. The average molecular weight is 312 g/mol. The van der Waals surface area contributed by atoms with Gasteiger partial charge in [0.25, 0.3) is 0 Å². The van der Waals surface area contributed by atoms with Gasteiger partial charge in [-0.2, -0.15) is 4.31 Å². The lowest BCUT2D eigenvalue weighted by atomic mass is 10.2. The average Bonchev–Trinajstić information content (AvgIpc) is 2.75. The molecule has 0 spiro atoms. The van der Waals surface area contributed by atoms with Crippen LogP contribution in [-0.2, 0) is 20.0 Å². The second-order valence-corrected chi connectivity index (χ2v) is 8.89. The minimum Gasteiger partial charge on any atom is -0.214 e. The molecule has 0 aromatic rings. The molecule has 1 rings (SSSR count). The van der Waals surface area contributed by atoms with Crippen LogP contribution in [0.2, 0.25) is 0 Å². The van der Waals surface area contributed by atoms with Gasteiger partial charge in [-0.3, -0.25) is 0 Å². The SMILES string of the molecule is CCCS(=O)(=O)NCCN(C1CCCC1)S(C)(=O)=O. The number of hydrogen-bond acceptors (Lipinski definition) is 4. The third-order valence-corrected chi connectivity index (χ3v) is 6.21. The van der Waals surface area contributed by atoms with Crippen LogP contribution in [0.5, 0.6) is 0 Å². The Bertz CT molecular complexity index is 467. The van der Waals surface area contributed by atoms with Crippen molar-refractivity contribution in [3.63, 3.8) is 0 Å². The van der Waals surface area contributed by atoms with E-state index < -0.39 is 20.0 Å². The molecule has 0 bridgehead atoms. The Hall–Kier alpha value is -0.180. The molecule has 0 saturated heterocycles. The van der Waals surface area contributed by atoms with E-state index in [0.29, 0.717) is 6.42 Å². The van der Waals surface area contributed by atoms with E-state index in [9.17, 15) is 16.8 Å². The fraction of sp³-hybridized carbons (Fsp3) is 1.00. The molecule has 0 unspecified atom stereocenters. The Kier molecular flexibility index (Phi) is 6.22. The second-order valence-electron chi connectivity index (χ2n) is 5.03. The van der Waals surface area contributed by atoms with E-state index in [-0.39, 0.29) is 24.9 Å². The van der Waals surface area contributed by atoms with Crippen molar-refractivity contribution in [3.05, 3.63) is 0 Å². The largest absolute Gasteiger partial charge is 0.214 e. The van der Waals surface area contributed by atoms with Crippen molar-refractivity contribution in [1.82, 2.24) is 9.03 Å². The first-order valence-electron chi connectivity index (χ1n) is 6.70. The van der Waals surface area contributed by atoms with Crippen LogP contribution in [0.4, 0.5) is 0 Å². The topological polar surface area (TPSA) is 83.6 Å². The summed E-state index contributed by atoms with van der Waals surface area (Å²) in [6, 6.07) is 0.0330. The number of nitrogens with zero attached hydrogens (tertiary/aromatic N) is 1. The molecule has 1 N–H and O–H groups in total. The van der Waals surface area contributed by atoms with Crippen molar-refractivity contribution >= 4 is 20.0 Å². The Labute approximate surface area is 116 Å². The lowest BCUT2D eigenvalue weighted by Gasteiger charge is -2.26. The quantitative estimate of drug-likeness (QED) is 0.708. The Morgan fingerprint density at radius 2 is 1.74 bits per heavy atom. The maximum atomic E-state index is 11.7. The van der Waals surface area contributed by atoms with Crippen molar-refractivity contribution in [2.24, 2.45) is 0 Å². The Morgan fingerprint density at radius 1 is 1.16 bits per heavy atom. The van der Waals surface area contributed by atoms with Gasteiger partial charge in [0, 0.05) is 19.1 Å². The van der Waals surface area contributed by atoms with E-state index in [1.165, 1.54) is 10.6 Å². The molecular weight excluding hydrogens is 288 g/mol. The van der Waals surface area contributed by atoms with Gasteiger partial charge in [-0.25, -0.2) is 21.6 Å². The normalized spacial score (nSPS) is 18.3. The molecule has 0 atom stereocenters. The van der Waals surface area contributed by atoms with Gasteiger partial charge in [0.2, 0.25) is 20.0 Å². The van der Waals surface area contributed by atoms with E-state index >= 15 is 0 Å².